The van der Waals surface area contributed by atoms with Gasteiger partial charge in [-0.25, -0.2) is 13.8 Å². The summed E-state index contributed by atoms with van der Waals surface area (Å²) in [6, 6.07) is 3.46. The van der Waals surface area contributed by atoms with Crippen molar-refractivity contribution >= 4 is 0 Å². The number of imidazole rings is 1. The van der Waals surface area contributed by atoms with Gasteiger partial charge in [-0.1, -0.05) is 0 Å². The van der Waals surface area contributed by atoms with Crippen LogP contribution in [0.2, 0.25) is 0 Å². The van der Waals surface area contributed by atoms with Gasteiger partial charge in [0.15, 0.2) is 0 Å². The van der Waals surface area contributed by atoms with Crippen LogP contribution < -0.4 is 5.32 Å². The highest BCUT2D eigenvalue weighted by Gasteiger charge is 2.12. The molecule has 1 fully saturated rings. The van der Waals surface area contributed by atoms with E-state index in [1.54, 1.807) is 6.20 Å². The number of nitrogens with zero attached hydrogens (tertiary/aromatic N) is 2. The van der Waals surface area contributed by atoms with Gasteiger partial charge in [0.05, 0.1) is 18.4 Å². The van der Waals surface area contributed by atoms with Crippen molar-refractivity contribution in [2.24, 2.45) is 0 Å². The van der Waals surface area contributed by atoms with E-state index in [0.717, 1.165) is 44.6 Å². The molecule has 0 spiro atoms. The fourth-order valence-corrected chi connectivity index (χ4v) is 2.38. The van der Waals surface area contributed by atoms with E-state index >= 15 is 0 Å². The maximum absolute atomic E-state index is 13.2. The molecule has 4 nitrogen and oxygen atoms in total. The summed E-state index contributed by atoms with van der Waals surface area (Å²) in [7, 11) is 0. The average Bonchev–Trinajstić information content (AvgIpc) is 2.87. The van der Waals surface area contributed by atoms with Crippen molar-refractivity contribution in [3.05, 3.63) is 41.9 Å². The van der Waals surface area contributed by atoms with Crippen LogP contribution in [0.3, 0.4) is 0 Å². The van der Waals surface area contributed by atoms with Crippen LogP contribution in [0.4, 0.5) is 8.78 Å². The highest BCUT2D eigenvalue weighted by atomic mass is 19.1. The lowest BCUT2D eigenvalue weighted by Gasteiger charge is -2.26. The van der Waals surface area contributed by atoms with Crippen LogP contribution in [0.5, 0.6) is 0 Å². The summed E-state index contributed by atoms with van der Waals surface area (Å²) < 4.78 is 26.4. The van der Waals surface area contributed by atoms with Gasteiger partial charge in [0.25, 0.3) is 0 Å². The maximum atomic E-state index is 13.2. The Morgan fingerprint density at radius 3 is 2.50 bits per heavy atom. The van der Waals surface area contributed by atoms with Gasteiger partial charge in [0.1, 0.15) is 17.5 Å². The molecule has 0 saturated carbocycles. The molecule has 0 bridgehead atoms. The van der Waals surface area contributed by atoms with Gasteiger partial charge in [-0.15, -0.1) is 0 Å². The Morgan fingerprint density at radius 2 is 1.80 bits per heavy atom. The van der Waals surface area contributed by atoms with Gasteiger partial charge in [-0.2, -0.15) is 0 Å². The number of halogens is 2. The van der Waals surface area contributed by atoms with Crippen molar-refractivity contribution in [3.63, 3.8) is 0 Å². The Kier molecular flexibility index (Phi) is 3.75. The number of piperazine rings is 1. The summed E-state index contributed by atoms with van der Waals surface area (Å²) in [5.74, 6) is -0.358. The van der Waals surface area contributed by atoms with Crippen molar-refractivity contribution in [2.45, 2.75) is 6.54 Å². The molecule has 1 aliphatic heterocycles. The molecule has 0 aliphatic carbocycles. The van der Waals surface area contributed by atoms with Crippen LogP contribution in [-0.4, -0.2) is 41.0 Å². The molecule has 1 saturated heterocycles. The summed E-state index contributed by atoms with van der Waals surface area (Å²) in [5.41, 5.74) is 1.11. The monoisotopic (exact) mass is 278 g/mol. The lowest BCUT2D eigenvalue weighted by Crippen LogP contribution is -2.43. The Morgan fingerprint density at radius 1 is 1.10 bits per heavy atom. The summed E-state index contributed by atoms with van der Waals surface area (Å²) in [6.07, 6.45) is 1.62. The third-order valence-electron chi connectivity index (χ3n) is 3.38. The average molecular weight is 278 g/mol. The minimum absolute atomic E-state index is 0.474. The van der Waals surface area contributed by atoms with Crippen molar-refractivity contribution < 1.29 is 8.78 Å². The van der Waals surface area contributed by atoms with E-state index < -0.39 is 11.6 Å². The van der Waals surface area contributed by atoms with Crippen molar-refractivity contribution in [2.75, 3.05) is 26.2 Å². The topological polar surface area (TPSA) is 44.0 Å². The van der Waals surface area contributed by atoms with E-state index in [9.17, 15) is 8.78 Å². The molecule has 2 N–H and O–H groups in total. The van der Waals surface area contributed by atoms with Crippen LogP contribution in [0.1, 0.15) is 5.82 Å². The molecule has 6 heteroatoms. The van der Waals surface area contributed by atoms with E-state index in [0.29, 0.717) is 11.3 Å². The van der Waals surface area contributed by atoms with Gasteiger partial charge >= 0.3 is 0 Å². The highest BCUT2D eigenvalue weighted by molar-refractivity contribution is 5.58. The van der Waals surface area contributed by atoms with Crippen molar-refractivity contribution in [1.82, 2.24) is 20.2 Å². The largest absolute Gasteiger partial charge is 0.341 e. The van der Waals surface area contributed by atoms with E-state index in [-0.39, 0.29) is 0 Å². The molecular weight excluding hydrogens is 262 g/mol. The molecule has 3 rings (SSSR count). The number of aromatic amines is 1. The summed E-state index contributed by atoms with van der Waals surface area (Å²) in [4.78, 5) is 9.69. The highest BCUT2D eigenvalue weighted by Crippen LogP contribution is 2.20. The number of H-pyrrole nitrogens is 1. The van der Waals surface area contributed by atoms with Gasteiger partial charge in [-0.05, 0) is 12.1 Å². The number of hydrogen-bond acceptors (Lipinski definition) is 3. The number of hydrogen-bond donors (Lipinski definition) is 2. The fourth-order valence-electron chi connectivity index (χ4n) is 2.38. The Balaban J connectivity index is 1.75. The third kappa shape index (κ3) is 3.02. The predicted octanol–water partition coefficient (Wildman–Crippen LogP) is 1.76. The molecule has 2 aromatic rings. The molecule has 106 valence electrons. The smallest absolute Gasteiger partial charge is 0.126 e. The Hall–Kier alpha value is -1.79. The Bertz CT molecular complexity index is 570. The summed E-state index contributed by atoms with van der Waals surface area (Å²) in [6.45, 7) is 4.63. The first kappa shape index (κ1) is 13.2. The molecule has 0 radical (unpaired) electrons. The fraction of sp³-hybridized carbons (Fsp3) is 0.357. The van der Waals surface area contributed by atoms with Crippen LogP contribution in [0.15, 0.2) is 24.4 Å². The lowest BCUT2D eigenvalue weighted by atomic mass is 10.1. The van der Waals surface area contributed by atoms with Crippen molar-refractivity contribution in [3.8, 4) is 11.3 Å². The zero-order valence-corrected chi connectivity index (χ0v) is 11.0. The standard InChI is InChI=1S/C14H16F2N4/c15-11-5-10(6-12(16)7-11)13-8-18-14(19-13)9-20-3-1-17-2-4-20/h5-8,17H,1-4,9H2,(H,18,19). The Labute approximate surface area is 115 Å². The van der Waals surface area contributed by atoms with E-state index in [1.165, 1.54) is 12.1 Å². The molecule has 20 heavy (non-hydrogen) atoms. The lowest BCUT2D eigenvalue weighted by molar-refractivity contribution is 0.228. The normalized spacial score (nSPS) is 16.5. The van der Waals surface area contributed by atoms with E-state index in [4.69, 9.17) is 0 Å². The maximum Gasteiger partial charge on any atom is 0.126 e. The number of benzene rings is 1. The number of nitrogens with one attached hydrogen (secondary N) is 2. The van der Waals surface area contributed by atoms with E-state index in [2.05, 4.69) is 20.2 Å². The summed E-state index contributed by atoms with van der Waals surface area (Å²) >= 11 is 0. The summed E-state index contributed by atoms with van der Waals surface area (Å²) in [5, 5.41) is 3.29. The molecule has 1 aliphatic rings. The third-order valence-corrected chi connectivity index (χ3v) is 3.38. The first-order chi connectivity index (χ1) is 9.70. The molecular formula is C14H16F2N4. The quantitative estimate of drug-likeness (QED) is 0.899. The first-order valence-electron chi connectivity index (χ1n) is 6.64. The van der Waals surface area contributed by atoms with Crippen LogP contribution >= 0.6 is 0 Å². The first-order valence-corrected chi connectivity index (χ1v) is 6.64. The SMILES string of the molecule is Fc1cc(F)cc(-c2cnc(CN3CCNCC3)[nH]2)c1. The van der Waals surface area contributed by atoms with Gasteiger partial charge in [0.2, 0.25) is 0 Å². The van der Waals surface area contributed by atoms with Gasteiger partial charge in [0, 0.05) is 37.8 Å². The van der Waals surface area contributed by atoms with Gasteiger partial charge < -0.3 is 10.3 Å². The van der Waals surface area contributed by atoms with Crippen LogP contribution in [0, 0.1) is 11.6 Å². The molecule has 2 heterocycles. The second kappa shape index (κ2) is 5.68. The second-order valence-corrected chi connectivity index (χ2v) is 4.93. The minimum atomic E-state index is -0.585. The van der Waals surface area contributed by atoms with Gasteiger partial charge in [-0.3, -0.25) is 4.90 Å². The zero-order valence-electron chi connectivity index (χ0n) is 11.0. The van der Waals surface area contributed by atoms with Crippen molar-refractivity contribution in [1.29, 1.82) is 0 Å². The molecule has 0 amide bonds. The van der Waals surface area contributed by atoms with Crippen LogP contribution in [-0.2, 0) is 6.54 Å². The van der Waals surface area contributed by atoms with E-state index in [1.807, 2.05) is 0 Å². The number of rotatable bonds is 3. The molecule has 1 aromatic heterocycles. The minimum Gasteiger partial charge on any atom is -0.341 e. The second-order valence-electron chi connectivity index (χ2n) is 4.93. The molecule has 1 aromatic carbocycles. The molecule has 0 unspecified atom stereocenters. The molecule has 0 atom stereocenters. The number of aromatic nitrogens is 2. The predicted molar refractivity (Wildman–Crippen MR) is 72.1 cm³/mol. The zero-order chi connectivity index (χ0) is 13.9. The van der Waals surface area contributed by atoms with Crippen LogP contribution in [0.25, 0.3) is 11.3 Å².